The van der Waals surface area contributed by atoms with Crippen molar-refractivity contribution in [2.24, 2.45) is 5.73 Å². The van der Waals surface area contributed by atoms with Gasteiger partial charge in [-0.25, -0.2) is 9.67 Å². The van der Waals surface area contributed by atoms with Crippen LogP contribution in [0.2, 0.25) is 0 Å². The molecule has 1 aromatic heterocycles. The van der Waals surface area contributed by atoms with Crippen LogP contribution in [0.15, 0.2) is 0 Å². The number of ether oxygens (including phenoxy) is 1. The number of hydrogen-bond donors (Lipinski definition) is 1. The van der Waals surface area contributed by atoms with Crippen molar-refractivity contribution < 1.29 is 17.9 Å². The first-order valence-corrected chi connectivity index (χ1v) is 8.67. The first-order chi connectivity index (χ1) is 11.4. The van der Waals surface area contributed by atoms with Crippen LogP contribution in [0.25, 0.3) is 0 Å². The third kappa shape index (κ3) is 3.91. The van der Waals surface area contributed by atoms with E-state index in [9.17, 15) is 13.2 Å². The van der Waals surface area contributed by atoms with Gasteiger partial charge in [-0.3, -0.25) is 0 Å². The molecule has 8 heteroatoms. The Balaban J connectivity index is 1.86. The van der Waals surface area contributed by atoms with Gasteiger partial charge in [-0.15, -0.1) is 0 Å². The van der Waals surface area contributed by atoms with Gasteiger partial charge in [0.25, 0.3) is 0 Å². The highest BCUT2D eigenvalue weighted by Crippen LogP contribution is 2.37. The van der Waals surface area contributed by atoms with Crippen LogP contribution in [0.3, 0.4) is 0 Å². The molecular formula is C16H25F3N4O. The Bertz CT molecular complexity index is 554. The molecular weight excluding hydrogens is 321 g/mol. The van der Waals surface area contributed by atoms with E-state index < -0.39 is 12.7 Å². The van der Waals surface area contributed by atoms with Gasteiger partial charge in [0.2, 0.25) is 0 Å². The minimum Gasteiger partial charge on any atom is -0.380 e. The van der Waals surface area contributed by atoms with Crippen molar-refractivity contribution in [3.63, 3.8) is 0 Å². The van der Waals surface area contributed by atoms with Crippen molar-refractivity contribution in [3.8, 4) is 0 Å². The summed E-state index contributed by atoms with van der Waals surface area (Å²) in [4.78, 5) is 4.55. The number of hydrogen-bond acceptors (Lipinski definition) is 4. The van der Waals surface area contributed by atoms with Gasteiger partial charge in [-0.2, -0.15) is 18.3 Å². The van der Waals surface area contributed by atoms with Crippen LogP contribution in [0.1, 0.15) is 68.4 Å². The molecule has 0 radical (unpaired) electrons. The summed E-state index contributed by atoms with van der Waals surface area (Å²) in [5.74, 6) is 1.14. The number of halogens is 3. The first-order valence-electron chi connectivity index (χ1n) is 8.67. The molecule has 3 atom stereocenters. The number of alkyl halides is 3. The highest BCUT2D eigenvalue weighted by Gasteiger charge is 2.36. The van der Waals surface area contributed by atoms with Gasteiger partial charge in [0.05, 0.1) is 6.10 Å². The fourth-order valence-electron chi connectivity index (χ4n) is 3.98. The minimum absolute atomic E-state index is 0.0699. The molecule has 0 bridgehead atoms. The Labute approximate surface area is 139 Å². The molecule has 0 aromatic carbocycles. The molecule has 0 spiro atoms. The number of aromatic nitrogens is 3. The Morgan fingerprint density at radius 1 is 1.17 bits per heavy atom. The Morgan fingerprint density at radius 2 is 1.88 bits per heavy atom. The average molecular weight is 346 g/mol. The SMILES string of the molecule is CO[C@H]1C[C@@H](c2nc(C3CCCC3)nn2CC(F)(F)F)CC[C@@H]1N. The lowest BCUT2D eigenvalue weighted by Gasteiger charge is -2.32. The van der Waals surface area contributed by atoms with Gasteiger partial charge in [-0.1, -0.05) is 12.8 Å². The van der Waals surface area contributed by atoms with Crippen molar-refractivity contribution in [1.29, 1.82) is 0 Å². The van der Waals surface area contributed by atoms with Gasteiger partial charge in [0, 0.05) is 25.0 Å². The van der Waals surface area contributed by atoms with Crippen LogP contribution < -0.4 is 5.73 Å². The molecule has 0 aliphatic heterocycles. The first kappa shape index (κ1) is 17.7. The molecule has 2 N–H and O–H groups in total. The quantitative estimate of drug-likeness (QED) is 0.910. The third-order valence-electron chi connectivity index (χ3n) is 5.28. The van der Waals surface area contributed by atoms with E-state index in [2.05, 4.69) is 10.1 Å². The Hall–Kier alpha value is -1.15. The van der Waals surface area contributed by atoms with Crippen LogP contribution in [0, 0.1) is 0 Å². The zero-order chi connectivity index (χ0) is 17.3. The average Bonchev–Trinajstić information content (AvgIpc) is 3.15. The van der Waals surface area contributed by atoms with Crippen LogP contribution in [0.4, 0.5) is 13.2 Å². The summed E-state index contributed by atoms with van der Waals surface area (Å²) in [5.41, 5.74) is 6.03. The predicted octanol–water partition coefficient (Wildman–Crippen LogP) is 3.11. The molecule has 2 saturated carbocycles. The molecule has 5 nitrogen and oxygen atoms in total. The zero-order valence-corrected chi connectivity index (χ0v) is 13.9. The number of rotatable bonds is 4. The lowest BCUT2D eigenvalue weighted by atomic mass is 9.83. The topological polar surface area (TPSA) is 66.0 Å². The smallest absolute Gasteiger partial charge is 0.380 e. The molecule has 0 saturated heterocycles. The van der Waals surface area contributed by atoms with Gasteiger partial charge < -0.3 is 10.5 Å². The molecule has 136 valence electrons. The van der Waals surface area contributed by atoms with E-state index in [0.717, 1.165) is 43.2 Å². The number of methoxy groups -OCH3 is 1. The van der Waals surface area contributed by atoms with Crippen molar-refractivity contribution in [3.05, 3.63) is 11.6 Å². The van der Waals surface area contributed by atoms with Gasteiger partial charge >= 0.3 is 6.18 Å². The Morgan fingerprint density at radius 3 is 2.50 bits per heavy atom. The van der Waals surface area contributed by atoms with E-state index in [0.29, 0.717) is 18.1 Å². The monoisotopic (exact) mass is 346 g/mol. The summed E-state index contributed by atoms with van der Waals surface area (Å²) in [5, 5.41) is 4.24. The number of nitrogens with two attached hydrogens (primary N) is 1. The van der Waals surface area contributed by atoms with Crippen LogP contribution in [-0.2, 0) is 11.3 Å². The second-order valence-electron chi connectivity index (χ2n) is 7.03. The molecule has 2 aliphatic rings. The van der Waals surface area contributed by atoms with E-state index >= 15 is 0 Å². The van der Waals surface area contributed by atoms with Crippen molar-refractivity contribution >= 4 is 0 Å². The van der Waals surface area contributed by atoms with E-state index in [1.54, 1.807) is 7.11 Å². The Kier molecular flexibility index (Phi) is 5.15. The molecule has 2 aliphatic carbocycles. The van der Waals surface area contributed by atoms with Crippen molar-refractivity contribution in [2.45, 2.75) is 81.6 Å². The maximum absolute atomic E-state index is 12.9. The summed E-state index contributed by atoms with van der Waals surface area (Å²) in [6.45, 7) is -1.08. The van der Waals surface area contributed by atoms with E-state index in [-0.39, 0.29) is 24.0 Å². The molecule has 3 rings (SSSR count). The normalized spacial score (nSPS) is 29.3. The summed E-state index contributed by atoms with van der Waals surface area (Å²) in [7, 11) is 1.59. The molecule has 24 heavy (non-hydrogen) atoms. The highest BCUT2D eigenvalue weighted by atomic mass is 19.4. The van der Waals surface area contributed by atoms with Gasteiger partial charge in [0.15, 0.2) is 5.82 Å². The van der Waals surface area contributed by atoms with Gasteiger partial charge in [-0.05, 0) is 32.1 Å². The molecule has 0 unspecified atom stereocenters. The standard InChI is InChI=1S/C16H25F3N4O/c1-24-13-8-11(6-7-12(13)20)15-21-14(10-4-2-3-5-10)22-23(15)9-16(17,18)19/h10-13H,2-9,20H2,1H3/t11-,12-,13-/m0/s1. The fourth-order valence-corrected chi connectivity index (χ4v) is 3.98. The van der Waals surface area contributed by atoms with E-state index in [1.165, 1.54) is 0 Å². The summed E-state index contributed by atoms with van der Waals surface area (Å²) >= 11 is 0. The van der Waals surface area contributed by atoms with E-state index in [4.69, 9.17) is 10.5 Å². The fraction of sp³-hybridized carbons (Fsp3) is 0.875. The molecule has 0 amide bonds. The largest absolute Gasteiger partial charge is 0.408 e. The van der Waals surface area contributed by atoms with Crippen LogP contribution >= 0.6 is 0 Å². The minimum atomic E-state index is -4.30. The molecule has 1 heterocycles. The summed E-state index contributed by atoms with van der Waals surface area (Å²) in [6, 6.07) is -0.0699. The van der Waals surface area contributed by atoms with Crippen LogP contribution in [0.5, 0.6) is 0 Å². The lowest BCUT2D eigenvalue weighted by Crippen LogP contribution is -2.41. The maximum atomic E-state index is 12.9. The second-order valence-corrected chi connectivity index (χ2v) is 7.03. The van der Waals surface area contributed by atoms with Crippen LogP contribution in [-0.4, -0.2) is 40.2 Å². The second kappa shape index (κ2) is 7.00. The zero-order valence-electron chi connectivity index (χ0n) is 13.9. The maximum Gasteiger partial charge on any atom is 0.408 e. The molecule has 2 fully saturated rings. The summed E-state index contributed by atoms with van der Waals surface area (Å²) in [6.07, 6.45) is 1.71. The highest BCUT2D eigenvalue weighted by molar-refractivity contribution is 5.08. The van der Waals surface area contributed by atoms with E-state index in [1.807, 2.05) is 0 Å². The van der Waals surface area contributed by atoms with Crippen molar-refractivity contribution in [2.75, 3.05) is 7.11 Å². The molecule has 1 aromatic rings. The third-order valence-corrected chi connectivity index (χ3v) is 5.28. The number of nitrogens with zero attached hydrogens (tertiary/aromatic N) is 3. The lowest BCUT2D eigenvalue weighted by molar-refractivity contribution is -0.143. The predicted molar refractivity (Wildman–Crippen MR) is 82.7 cm³/mol. The summed E-state index contributed by atoms with van der Waals surface area (Å²) < 4.78 is 45.3. The van der Waals surface area contributed by atoms with Gasteiger partial charge in [0.1, 0.15) is 12.4 Å². The van der Waals surface area contributed by atoms with Crippen molar-refractivity contribution in [1.82, 2.24) is 14.8 Å².